The molecule has 1 aliphatic heterocycles. The van der Waals surface area contributed by atoms with Crippen molar-refractivity contribution in [3.05, 3.63) is 54.1 Å². The van der Waals surface area contributed by atoms with Crippen LogP contribution in [0.5, 0.6) is 0 Å². The van der Waals surface area contributed by atoms with E-state index in [0.717, 1.165) is 5.69 Å². The predicted octanol–water partition coefficient (Wildman–Crippen LogP) is 3.08. The van der Waals surface area contributed by atoms with Gasteiger partial charge in [-0.25, -0.2) is 8.78 Å². The van der Waals surface area contributed by atoms with Gasteiger partial charge in [-0.3, -0.25) is 19.5 Å². The monoisotopic (exact) mass is 498 g/mol. The van der Waals surface area contributed by atoms with Crippen molar-refractivity contribution in [2.24, 2.45) is 28.6 Å². The highest BCUT2D eigenvalue weighted by Gasteiger charge is 2.79. The molecule has 1 aromatic carbocycles. The van der Waals surface area contributed by atoms with Gasteiger partial charge < -0.3 is 10.2 Å². The molecule has 0 unspecified atom stereocenters. The molecule has 1 radical (unpaired) electrons. The van der Waals surface area contributed by atoms with Crippen molar-refractivity contribution < 1.29 is 33.4 Å². The fourth-order valence-corrected chi connectivity index (χ4v) is 8.56. The number of carbonyl (C=O) groups excluding carboxylic acids is 2. The standard InChI is InChI=1S/C28H30F2NO5/c1-25-9-8-18(33)11-21(25)22(29)12-20-19-10-16-14-31(17-6-4-3-5-7-17)36-28(16,24(35)15-32)26(19,2)13-23(34)27(20,25)30/h4-9,11,16,19-20,22-23,32,34H,10,12-15H2,1-2H3/t16-,19-,20-,22-,23-,25-,26-,27-,28-/m0/s1. The summed E-state index contributed by atoms with van der Waals surface area (Å²) in [5.41, 5.74) is -5.43. The topological polar surface area (TPSA) is 87.1 Å². The molecule has 0 bridgehead atoms. The number of halogens is 2. The van der Waals surface area contributed by atoms with Crippen molar-refractivity contribution in [3.63, 3.8) is 0 Å². The van der Waals surface area contributed by atoms with Crippen molar-refractivity contribution >= 4 is 17.3 Å². The van der Waals surface area contributed by atoms with Gasteiger partial charge in [0.25, 0.3) is 0 Å². The van der Waals surface area contributed by atoms with Gasteiger partial charge in [-0.1, -0.05) is 25.1 Å². The van der Waals surface area contributed by atoms with Crippen LogP contribution in [0.15, 0.2) is 48.1 Å². The number of aliphatic hydroxyl groups excluding tert-OH is 2. The number of ketones is 2. The van der Waals surface area contributed by atoms with Gasteiger partial charge in [-0.15, -0.1) is 0 Å². The second kappa shape index (κ2) is 7.55. The summed E-state index contributed by atoms with van der Waals surface area (Å²) in [5.74, 6) is -2.66. The van der Waals surface area contributed by atoms with Crippen LogP contribution in [-0.4, -0.2) is 58.5 Å². The molecular formula is C28H30F2NO5. The number of hydrogen-bond donors (Lipinski definition) is 2. The third-order valence-electron chi connectivity index (χ3n) is 10.2. The number of rotatable bonds is 3. The Morgan fingerprint density at radius 1 is 1.25 bits per heavy atom. The number of allylic oxidation sites excluding steroid dienone is 4. The minimum Gasteiger partial charge on any atom is -0.390 e. The number of carbonyl (C=O) groups is 2. The average molecular weight is 499 g/mol. The van der Waals surface area contributed by atoms with Crippen LogP contribution in [-0.2, 0) is 14.4 Å². The van der Waals surface area contributed by atoms with Crippen molar-refractivity contribution in [3.8, 4) is 0 Å². The first kappa shape index (κ1) is 23.9. The van der Waals surface area contributed by atoms with Crippen LogP contribution in [0, 0.1) is 34.7 Å². The number of alkyl halides is 2. The quantitative estimate of drug-likeness (QED) is 0.666. The zero-order valence-corrected chi connectivity index (χ0v) is 20.3. The zero-order valence-electron chi connectivity index (χ0n) is 20.3. The van der Waals surface area contributed by atoms with E-state index in [0.29, 0.717) is 13.0 Å². The first-order valence-electron chi connectivity index (χ1n) is 12.6. The molecule has 6 rings (SSSR count). The highest BCUT2D eigenvalue weighted by Crippen LogP contribution is 2.72. The second-order valence-corrected chi connectivity index (χ2v) is 11.5. The van der Waals surface area contributed by atoms with Gasteiger partial charge in [-0.05, 0) is 68.0 Å². The Morgan fingerprint density at radius 2 is 1.97 bits per heavy atom. The van der Waals surface area contributed by atoms with E-state index in [2.05, 4.69) is 6.07 Å². The van der Waals surface area contributed by atoms with Gasteiger partial charge in [-0.2, -0.15) is 0 Å². The summed E-state index contributed by atoms with van der Waals surface area (Å²) in [5, 5.41) is 23.2. The van der Waals surface area contributed by atoms with E-state index in [-0.39, 0.29) is 24.3 Å². The molecule has 1 aromatic rings. The Balaban J connectivity index is 1.46. The molecule has 4 aliphatic carbocycles. The van der Waals surface area contributed by atoms with E-state index in [1.54, 1.807) is 36.3 Å². The normalized spacial score (nSPS) is 47.1. The molecule has 6 nitrogen and oxygen atoms in total. The Bertz CT molecular complexity index is 1190. The van der Waals surface area contributed by atoms with E-state index in [4.69, 9.17) is 4.84 Å². The lowest BCUT2D eigenvalue weighted by Gasteiger charge is -2.63. The van der Waals surface area contributed by atoms with Crippen molar-refractivity contribution in [1.82, 2.24) is 0 Å². The molecule has 9 atom stereocenters. The SMILES string of the molecule is C[C@]12C=CC(=O)C=C1[C@@H](F)C[C@H]1[C@@H]3C[C@H]4CN(c5cc[c]cc5)O[C@@]4(C(=O)CO)[C@@]3(C)C[C@H](O)[C@@]12F. The largest absolute Gasteiger partial charge is 0.390 e. The smallest absolute Gasteiger partial charge is 0.193 e. The number of fused-ring (bicyclic) bond motifs is 7. The van der Waals surface area contributed by atoms with E-state index >= 15 is 8.78 Å². The number of benzene rings is 1. The zero-order chi connectivity index (χ0) is 25.7. The summed E-state index contributed by atoms with van der Waals surface area (Å²) in [7, 11) is 0. The fourth-order valence-electron chi connectivity index (χ4n) is 8.56. The van der Waals surface area contributed by atoms with E-state index in [1.165, 1.54) is 18.2 Å². The Labute approximate surface area is 208 Å². The molecule has 1 heterocycles. The molecule has 0 aromatic heterocycles. The van der Waals surface area contributed by atoms with Crippen molar-refractivity contribution in [2.75, 3.05) is 18.2 Å². The lowest BCUT2D eigenvalue weighted by Crippen LogP contribution is -2.70. The fraction of sp³-hybridized carbons (Fsp3) is 0.571. The first-order valence-corrected chi connectivity index (χ1v) is 12.6. The van der Waals surface area contributed by atoms with Gasteiger partial charge in [0.15, 0.2) is 22.8 Å². The maximum Gasteiger partial charge on any atom is 0.193 e. The molecule has 0 spiro atoms. The van der Waals surface area contributed by atoms with Gasteiger partial charge in [0.2, 0.25) is 0 Å². The molecule has 3 saturated carbocycles. The number of hydrogen-bond acceptors (Lipinski definition) is 6. The molecule has 2 N–H and O–H groups in total. The summed E-state index contributed by atoms with van der Waals surface area (Å²) in [6.07, 6.45) is 0.856. The number of hydroxylamine groups is 1. The van der Waals surface area contributed by atoms with Crippen molar-refractivity contribution in [1.29, 1.82) is 0 Å². The van der Waals surface area contributed by atoms with Crippen LogP contribution in [0.2, 0.25) is 0 Å². The highest BCUT2D eigenvalue weighted by molar-refractivity contribution is 6.01. The molecule has 8 heteroatoms. The minimum atomic E-state index is -2.22. The van der Waals surface area contributed by atoms with Crippen LogP contribution >= 0.6 is 0 Å². The average Bonchev–Trinajstić information content (AvgIpc) is 3.36. The Hall–Kier alpha value is -2.42. The number of aliphatic hydroxyl groups is 2. The molecule has 5 aliphatic rings. The van der Waals surface area contributed by atoms with E-state index in [1.807, 2.05) is 6.92 Å². The molecule has 4 fully saturated rings. The second-order valence-electron chi connectivity index (χ2n) is 11.5. The summed E-state index contributed by atoms with van der Waals surface area (Å²) in [6, 6.07) is 10.0. The first-order chi connectivity index (χ1) is 17.0. The van der Waals surface area contributed by atoms with Crippen molar-refractivity contribution in [2.45, 2.75) is 56.7 Å². The maximum absolute atomic E-state index is 17.4. The Kier molecular flexibility index (Phi) is 5.03. The Morgan fingerprint density at radius 3 is 2.67 bits per heavy atom. The summed E-state index contributed by atoms with van der Waals surface area (Å²) in [4.78, 5) is 31.9. The number of Topliss-reactive ketones (excluding diaryl/α,β-unsaturated/α-hetero) is 1. The van der Waals surface area contributed by atoms with Gasteiger partial charge in [0.1, 0.15) is 12.8 Å². The van der Waals surface area contributed by atoms with Gasteiger partial charge in [0, 0.05) is 22.7 Å². The van der Waals surface area contributed by atoms with Crippen LogP contribution in [0.4, 0.5) is 14.5 Å². The number of nitrogens with zero attached hydrogens (tertiary/aromatic N) is 1. The van der Waals surface area contributed by atoms with Gasteiger partial charge in [0.05, 0.1) is 18.3 Å². The number of anilines is 1. The molecule has 1 saturated heterocycles. The lowest BCUT2D eigenvalue weighted by atomic mass is 9.44. The van der Waals surface area contributed by atoms with Gasteiger partial charge >= 0.3 is 0 Å². The molecule has 191 valence electrons. The van der Waals surface area contributed by atoms with Crippen LogP contribution < -0.4 is 5.06 Å². The summed E-state index contributed by atoms with van der Waals surface area (Å²) < 4.78 is 33.0. The molecule has 36 heavy (non-hydrogen) atoms. The lowest BCUT2D eigenvalue weighted by molar-refractivity contribution is -0.228. The highest BCUT2D eigenvalue weighted by atomic mass is 19.1. The van der Waals surface area contributed by atoms with Crippen LogP contribution in [0.3, 0.4) is 0 Å². The maximum atomic E-state index is 17.4. The molecule has 0 amide bonds. The summed E-state index contributed by atoms with van der Waals surface area (Å²) in [6.45, 7) is 2.97. The predicted molar refractivity (Wildman–Crippen MR) is 126 cm³/mol. The summed E-state index contributed by atoms with van der Waals surface area (Å²) >= 11 is 0. The third kappa shape index (κ3) is 2.65. The van der Waals surface area contributed by atoms with Crippen LogP contribution in [0.25, 0.3) is 0 Å². The minimum absolute atomic E-state index is 0.0686. The third-order valence-corrected chi connectivity index (χ3v) is 10.2. The van der Waals surface area contributed by atoms with E-state index in [9.17, 15) is 19.8 Å². The van der Waals surface area contributed by atoms with Crippen LogP contribution in [0.1, 0.15) is 33.1 Å². The molecular weight excluding hydrogens is 468 g/mol. The van der Waals surface area contributed by atoms with E-state index < -0.39 is 64.4 Å².